The van der Waals surface area contributed by atoms with Crippen molar-refractivity contribution in [1.82, 2.24) is 9.78 Å². The maximum atomic E-state index is 9.04. The van der Waals surface area contributed by atoms with Gasteiger partial charge in [0.2, 0.25) is 0 Å². The molecule has 0 aliphatic heterocycles. The average Bonchev–Trinajstić information content (AvgIpc) is 2.94. The lowest BCUT2D eigenvalue weighted by molar-refractivity contribution is 0.415. The van der Waals surface area contributed by atoms with Crippen LogP contribution in [-0.4, -0.2) is 23.4 Å². The summed E-state index contributed by atoms with van der Waals surface area (Å²) in [6, 6.07) is 10.1. The summed E-state index contributed by atoms with van der Waals surface area (Å²) in [5.74, 6) is 1.15. The maximum Gasteiger partial charge on any atom is 0.128 e. The Bertz CT molecular complexity index is 697. The van der Waals surface area contributed by atoms with E-state index in [9.17, 15) is 0 Å². The summed E-state index contributed by atoms with van der Waals surface area (Å²) in [7, 11) is 1.66. The number of hydrogen-bond acceptors (Lipinski definition) is 4. The van der Waals surface area contributed by atoms with Crippen LogP contribution in [0.3, 0.4) is 0 Å². The third kappa shape index (κ3) is 2.46. The minimum Gasteiger partial charge on any atom is -0.497 e. The number of nitriles is 1. The van der Waals surface area contributed by atoms with Crippen molar-refractivity contribution in [2.75, 3.05) is 13.7 Å². The van der Waals surface area contributed by atoms with Gasteiger partial charge in [0.05, 0.1) is 18.9 Å². The molecule has 2 N–H and O–H groups in total. The van der Waals surface area contributed by atoms with E-state index in [1.807, 2.05) is 28.9 Å². The highest BCUT2D eigenvalue weighted by Gasteiger charge is 2.28. The van der Waals surface area contributed by atoms with Gasteiger partial charge in [-0.05, 0) is 50.1 Å². The summed E-state index contributed by atoms with van der Waals surface area (Å²) in [6.45, 7) is 0.907. The minimum atomic E-state index is 0.287. The molecule has 1 heterocycles. The molecule has 114 valence electrons. The molecule has 22 heavy (non-hydrogen) atoms. The van der Waals surface area contributed by atoms with Gasteiger partial charge in [-0.15, -0.1) is 0 Å². The first kappa shape index (κ1) is 14.6. The van der Waals surface area contributed by atoms with Gasteiger partial charge in [0, 0.05) is 22.7 Å². The second-order valence-corrected chi connectivity index (χ2v) is 5.58. The molecular formula is C17H20N4O. The molecule has 1 aliphatic carbocycles. The van der Waals surface area contributed by atoms with Crippen LogP contribution in [0.4, 0.5) is 0 Å². The smallest absolute Gasteiger partial charge is 0.128 e. The van der Waals surface area contributed by atoms with Gasteiger partial charge in [0.1, 0.15) is 12.3 Å². The molecule has 0 bridgehead atoms. The van der Waals surface area contributed by atoms with Gasteiger partial charge in [0.25, 0.3) is 0 Å². The molecule has 2 aromatic rings. The Kier molecular flexibility index (Phi) is 4.12. The Hall–Kier alpha value is -2.32. The zero-order valence-corrected chi connectivity index (χ0v) is 12.7. The summed E-state index contributed by atoms with van der Waals surface area (Å²) in [4.78, 5) is 0. The third-order valence-corrected chi connectivity index (χ3v) is 4.34. The first-order valence-corrected chi connectivity index (χ1v) is 7.59. The van der Waals surface area contributed by atoms with Crippen LogP contribution < -0.4 is 10.5 Å². The van der Waals surface area contributed by atoms with E-state index in [4.69, 9.17) is 20.8 Å². The largest absolute Gasteiger partial charge is 0.497 e. The van der Waals surface area contributed by atoms with E-state index in [1.54, 1.807) is 7.11 Å². The molecule has 1 aromatic heterocycles. The quantitative estimate of drug-likeness (QED) is 0.940. The summed E-state index contributed by atoms with van der Waals surface area (Å²) < 4.78 is 7.06. The summed E-state index contributed by atoms with van der Waals surface area (Å²) in [5, 5.41) is 13.7. The van der Waals surface area contributed by atoms with Gasteiger partial charge in [0.15, 0.2) is 0 Å². The van der Waals surface area contributed by atoms with Crippen molar-refractivity contribution in [2.24, 2.45) is 5.73 Å². The van der Waals surface area contributed by atoms with Gasteiger partial charge >= 0.3 is 0 Å². The number of methoxy groups -OCH3 is 1. The highest BCUT2D eigenvalue weighted by atomic mass is 16.5. The Morgan fingerprint density at radius 3 is 2.82 bits per heavy atom. The minimum absolute atomic E-state index is 0.287. The van der Waals surface area contributed by atoms with Crippen LogP contribution in [-0.2, 0) is 13.0 Å². The lowest BCUT2D eigenvalue weighted by Gasteiger charge is -2.22. The average molecular weight is 296 g/mol. The van der Waals surface area contributed by atoms with E-state index in [1.165, 1.54) is 11.3 Å². The Balaban J connectivity index is 2.11. The van der Waals surface area contributed by atoms with Crippen molar-refractivity contribution in [2.45, 2.75) is 31.7 Å². The van der Waals surface area contributed by atoms with Gasteiger partial charge in [-0.3, -0.25) is 4.68 Å². The molecule has 0 radical (unpaired) electrons. The molecule has 1 atom stereocenters. The van der Waals surface area contributed by atoms with Crippen LogP contribution in [0.25, 0.3) is 11.3 Å². The maximum absolute atomic E-state index is 9.04. The number of ether oxygens (including phenoxy) is 1. The van der Waals surface area contributed by atoms with E-state index in [0.29, 0.717) is 12.5 Å². The molecule has 1 aliphatic rings. The SMILES string of the molecule is COc1ccc(-c2nn(CC#N)c3c2C(CN)CCC3)cc1. The van der Waals surface area contributed by atoms with Crippen LogP contribution in [0.15, 0.2) is 24.3 Å². The zero-order valence-electron chi connectivity index (χ0n) is 12.7. The highest BCUT2D eigenvalue weighted by molar-refractivity contribution is 5.66. The molecule has 0 spiro atoms. The van der Waals surface area contributed by atoms with Crippen molar-refractivity contribution in [3.63, 3.8) is 0 Å². The fraction of sp³-hybridized carbons (Fsp3) is 0.412. The molecule has 5 nitrogen and oxygen atoms in total. The number of benzene rings is 1. The predicted octanol–water partition coefficient (Wildman–Crippen LogP) is 2.46. The van der Waals surface area contributed by atoms with Gasteiger partial charge in [-0.25, -0.2) is 0 Å². The van der Waals surface area contributed by atoms with Crippen LogP contribution in [0.5, 0.6) is 5.75 Å². The lowest BCUT2D eigenvalue weighted by Crippen LogP contribution is -2.19. The molecule has 0 saturated heterocycles. The molecule has 5 heteroatoms. The summed E-state index contributed by atoms with van der Waals surface area (Å²) >= 11 is 0. The second kappa shape index (κ2) is 6.20. The van der Waals surface area contributed by atoms with Crippen LogP contribution >= 0.6 is 0 Å². The standard InChI is InChI=1S/C17H20N4O/c1-22-14-7-5-12(6-8-14)17-16-13(11-19)3-2-4-15(16)21(20-17)10-9-18/h5-8,13H,2-4,10-11,19H2,1H3. The van der Waals surface area contributed by atoms with Gasteiger partial charge in [-0.2, -0.15) is 10.4 Å². The molecule has 1 aromatic carbocycles. The van der Waals surface area contributed by atoms with Crippen molar-refractivity contribution >= 4 is 0 Å². The van der Waals surface area contributed by atoms with Gasteiger partial charge in [-0.1, -0.05) is 0 Å². The fourth-order valence-electron chi connectivity index (χ4n) is 3.26. The molecule has 1 unspecified atom stereocenters. The number of hydrogen-bond donors (Lipinski definition) is 1. The fourth-order valence-corrected chi connectivity index (χ4v) is 3.26. The highest BCUT2D eigenvalue weighted by Crippen LogP contribution is 2.38. The van der Waals surface area contributed by atoms with E-state index >= 15 is 0 Å². The second-order valence-electron chi connectivity index (χ2n) is 5.58. The van der Waals surface area contributed by atoms with Crippen molar-refractivity contribution in [3.05, 3.63) is 35.5 Å². The van der Waals surface area contributed by atoms with Crippen LogP contribution in [0, 0.1) is 11.3 Å². The number of nitrogens with two attached hydrogens (primary N) is 1. The van der Waals surface area contributed by atoms with Crippen LogP contribution in [0.1, 0.15) is 30.0 Å². The predicted molar refractivity (Wildman–Crippen MR) is 84.6 cm³/mol. The van der Waals surface area contributed by atoms with E-state index in [2.05, 4.69) is 6.07 Å². The number of aromatic nitrogens is 2. The van der Waals surface area contributed by atoms with Crippen LogP contribution in [0.2, 0.25) is 0 Å². The summed E-state index contributed by atoms with van der Waals surface area (Å²) in [6.07, 6.45) is 3.16. The molecule has 0 saturated carbocycles. The molecule has 0 amide bonds. The summed E-state index contributed by atoms with van der Waals surface area (Å²) in [5.41, 5.74) is 10.4. The number of nitrogens with zero attached hydrogens (tertiary/aromatic N) is 3. The van der Waals surface area contributed by atoms with E-state index < -0.39 is 0 Å². The number of fused-ring (bicyclic) bond motifs is 1. The number of rotatable bonds is 4. The van der Waals surface area contributed by atoms with E-state index in [0.717, 1.165) is 36.3 Å². The first-order valence-electron chi connectivity index (χ1n) is 7.59. The zero-order chi connectivity index (χ0) is 15.5. The van der Waals surface area contributed by atoms with Gasteiger partial charge < -0.3 is 10.5 Å². The lowest BCUT2D eigenvalue weighted by atomic mass is 9.84. The monoisotopic (exact) mass is 296 g/mol. The Morgan fingerprint density at radius 2 is 2.18 bits per heavy atom. The van der Waals surface area contributed by atoms with Crippen molar-refractivity contribution in [1.29, 1.82) is 5.26 Å². The molecule has 0 fully saturated rings. The first-order chi connectivity index (χ1) is 10.8. The Labute approximate surface area is 130 Å². The topological polar surface area (TPSA) is 76.9 Å². The molecule has 3 rings (SSSR count). The van der Waals surface area contributed by atoms with E-state index in [-0.39, 0.29) is 6.54 Å². The van der Waals surface area contributed by atoms with Crippen molar-refractivity contribution in [3.8, 4) is 23.1 Å². The third-order valence-electron chi connectivity index (χ3n) is 4.34. The Morgan fingerprint density at radius 1 is 1.41 bits per heavy atom. The molecular weight excluding hydrogens is 276 g/mol. The van der Waals surface area contributed by atoms with Crippen molar-refractivity contribution < 1.29 is 4.74 Å². The normalized spacial score (nSPS) is 16.9.